The highest BCUT2D eigenvalue weighted by atomic mass is 16.5. The quantitative estimate of drug-likeness (QED) is 0.710. The number of carbonyl (C=O) groups is 3. The molecule has 3 rings (SSSR count). The van der Waals surface area contributed by atoms with Crippen molar-refractivity contribution in [2.75, 3.05) is 38.9 Å². The Labute approximate surface area is 181 Å². The molecule has 1 aliphatic carbocycles. The van der Waals surface area contributed by atoms with Crippen LogP contribution in [0.15, 0.2) is 36.4 Å². The second-order valence-electron chi connectivity index (χ2n) is 7.79. The lowest BCUT2D eigenvalue weighted by Crippen LogP contribution is -2.24. The molecule has 1 aliphatic rings. The molecule has 8 nitrogen and oxygen atoms in total. The highest BCUT2D eigenvalue weighted by Crippen LogP contribution is 2.38. The summed E-state index contributed by atoms with van der Waals surface area (Å²) >= 11 is 0. The number of carbonyl (C=O) groups excluding carboxylic acids is 3. The fraction of sp³-hybridized carbons (Fsp3) is 0.348. The highest BCUT2D eigenvalue weighted by molar-refractivity contribution is 6.09. The summed E-state index contributed by atoms with van der Waals surface area (Å²) in [5, 5.41) is 5.64. The van der Waals surface area contributed by atoms with Crippen molar-refractivity contribution >= 4 is 29.1 Å². The van der Waals surface area contributed by atoms with Gasteiger partial charge in [-0.05, 0) is 42.7 Å². The Morgan fingerprint density at radius 3 is 2.06 bits per heavy atom. The van der Waals surface area contributed by atoms with Gasteiger partial charge in [0.15, 0.2) is 11.5 Å². The Morgan fingerprint density at radius 1 is 0.968 bits per heavy atom. The molecule has 164 valence electrons. The van der Waals surface area contributed by atoms with Crippen LogP contribution in [0.4, 0.5) is 11.4 Å². The summed E-state index contributed by atoms with van der Waals surface area (Å²) in [6.07, 6.45) is 0.908. The first-order valence-corrected chi connectivity index (χ1v) is 9.95. The maximum absolute atomic E-state index is 12.8. The van der Waals surface area contributed by atoms with Gasteiger partial charge in [0.1, 0.15) is 0 Å². The second-order valence-corrected chi connectivity index (χ2v) is 7.79. The van der Waals surface area contributed by atoms with E-state index in [1.165, 1.54) is 25.2 Å². The van der Waals surface area contributed by atoms with E-state index in [1.807, 2.05) is 6.92 Å². The Morgan fingerprint density at radius 2 is 1.55 bits per heavy atom. The predicted octanol–water partition coefficient (Wildman–Crippen LogP) is 3.25. The minimum absolute atomic E-state index is 0.00173. The normalized spacial score (nSPS) is 16.8. The van der Waals surface area contributed by atoms with Crippen molar-refractivity contribution in [2.45, 2.75) is 13.3 Å². The van der Waals surface area contributed by atoms with E-state index in [2.05, 4.69) is 10.6 Å². The van der Waals surface area contributed by atoms with Crippen molar-refractivity contribution in [1.29, 1.82) is 0 Å². The average molecular weight is 425 g/mol. The molecule has 3 amide bonds. The fourth-order valence-electron chi connectivity index (χ4n) is 3.22. The van der Waals surface area contributed by atoms with E-state index in [1.54, 1.807) is 44.4 Å². The van der Waals surface area contributed by atoms with Gasteiger partial charge in [0, 0.05) is 37.3 Å². The molecule has 8 heteroatoms. The molecule has 31 heavy (non-hydrogen) atoms. The summed E-state index contributed by atoms with van der Waals surface area (Å²) in [6.45, 7) is 2.04. The maximum atomic E-state index is 12.8. The zero-order valence-electron chi connectivity index (χ0n) is 18.3. The second kappa shape index (κ2) is 9.07. The fourth-order valence-corrected chi connectivity index (χ4v) is 3.22. The molecular formula is C23H27N3O5. The van der Waals surface area contributed by atoms with E-state index in [0.717, 1.165) is 6.42 Å². The third kappa shape index (κ3) is 4.96. The minimum Gasteiger partial charge on any atom is -0.493 e. The van der Waals surface area contributed by atoms with Crippen molar-refractivity contribution in [3.8, 4) is 11.5 Å². The van der Waals surface area contributed by atoms with Crippen LogP contribution in [0.5, 0.6) is 11.5 Å². The van der Waals surface area contributed by atoms with Gasteiger partial charge < -0.3 is 25.0 Å². The van der Waals surface area contributed by atoms with Crippen LogP contribution in [0.2, 0.25) is 0 Å². The van der Waals surface area contributed by atoms with E-state index in [4.69, 9.17) is 9.47 Å². The number of methoxy groups -OCH3 is 2. The molecule has 1 fully saturated rings. The molecular weight excluding hydrogens is 398 g/mol. The van der Waals surface area contributed by atoms with Crippen LogP contribution in [-0.4, -0.2) is 50.9 Å². The van der Waals surface area contributed by atoms with Crippen molar-refractivity contribution < 1.29 is 23.9 Å². The molecule has 0 aliphatic heterocycles. The van der Waals surface area contributed by atoms with Crippen LogP contribution in [0, 0.1) is 11.8 Å². The molecule has 0 aromatic heterocycles. The van der Waals surface area contributed by atoms with E-state index < -0.39 is 5.91 Å². The summed E-state index contributed by atoms with van der Waals surface area (Å²) in [4.78, 5) is 38.9. The molecule has 2 atom stereocenters. The van der Waals surface area contributed by atoms with Gasteiger partial charge in [0.25, 0.3) is 11.8 Å². The third-order valence-corrected chi connectivity index (χ3v) is 5.27. The van der Waals surface area contributed by atoms with Gasteiger partial charge in [0.2, 0.25) is 5.91 Å². The van der Waals surface area contributed by atoms with E-state index >= 15 is 0 Å². The minimum atomic E-state index is -0.395. The van der Waals surface area contributed by atoms with Crippen LogP contribution in [0.3, 0.4) is 0 Å². The van der Waals surface area contributed by atoms with Gasteiger partial charge in [-0.1, -0.05) is 6.92 Å². The van der Waals surface area contributed by atoms with Crippen LogP contribution in [0.1, 0.15) is 34.1 Å². The zero-order chi connectivity index (χ0) is 22.7. The van der Waals surface area contributed by atoms with Gasteiger partial charge in [-0.15, -0.1) is 0 Å². The van der Waals surface area contributed by atoms with Crippen LogP contribution >= 0.6 is 0 Å². The lowest BCUT2D eigenvalue weighted by Gasteiger charge is -2.18. The zero-order valence-corrected chi connectivity index (χ0v) is 18.3. The molecule has 0 heterocycles. The number of nitrogens with zero attached hydrogens (tertiary/aromatic N) is 1. The first kappa shape index (κ1) is 22.1. The van der Waals surface area contributed by atoms with Gasteiger partial charge in [0.05, 0.1) is 25.5 Å². The summed E-state index contributed by atoms with van der Waals surface area (Å²) < 4.78 is 10.6. The largest absolute Gasteiger partial charge is 0.493 e. The molecule has 0 radical (unpaired) electrons. The van der Waals surface area contributed by atoms with Gasteiger partial charge >= 0.3 is 0 Å². The van der Waals surface area contributed by atoms with Crippen LogP contribution < -0.4 is 20.1 Å². The molecule has 2 aromatic rings. The van der Waals surface area contributed by atoms with Crippen molar-refractivity contribution in [3.63, 3.8) is 0 Å². The van der Waals surface area contributed by atoms with Crippen LogP contribution in [0.25, 0.3) is 0 Å². The average Bonchev–Trinajstić information content (AvgIpc) is 3.50. The number of ether oxygens (including phenoxy) is 2. The number of benzene rings is 2. The molecule has 2 N–H and O–H groups in total. The molecule has 0 spiro atoms. The Kier molecular flexibility index (Phi) is 6.48. The monoisotopic (exact) mass is 425 g/mol. The Balaban J connectivity index is 1.80. The number of anilines is 2. The van der Waals surface area contributed by atoms with Crippen molar-refractivity contribution in [2.24, 2.45) is 11.8 Å². The van der Waals surface area contributed by atoms with Gasteiger partial charge in [-0.2, -0.15) is 0 Å². The predicted molar refractivity (Wildman–Crippen MR) is 118 cm³/mol. The first-order chi connectivity index (χ1) is 14.7. The summed E-state index contributed by atoms with van der Waals surface area (Å²) in [6, 6.07) is 9.69. The number of hydrogen-bond acceptors (Lipinski definition) is 5. The van der Waals surface area contributed by atoms with E-state index in [9.17, 15) is 14.4 Å². The summed E-state index contributed by atoms with van der Waals surface area (Å²) in [5.74, 6) is 0.585. The summed E-state index contributed by atoms with van der Waals surface area (Å²) in [5.41, 5.74) is 1.60. The Hall–Kier alpha value is -3.55. The smallest absolute Gasteiger partial charge is 0.255 e. The number of hydrogen-bond donors (Lipinski definition) is 2. The molecule has 1 saturated carbocycles. The molecule has 2 unspecified atom stereocenters. The molecule has 0 bridgehead atoms. The number of amides is 3. The number of nitrogens with one attached hydrogen (secondary N) is 2. The number of rotatable bonds is 7. The lowest BCUT2D eigenvalue weighted by atomic mass is 10.1. The van der Waals surface area contributed by atoms with Gasteiger partial charge in [-0.25, -0.2) is 0 Å². The molecule has 2 aromatic carbocycles. The maximum Gasteiger partial charge on any atom is 0.255 e. The first-order valence-electron chi connectivity index (χ1n) is 9.95. The SMILES string of the molecule is COc1cc(NC(=O)c2ccc(NC(=O)C3CC3C)cc2)c(C(=O)N(C)C)cc1OC. The Bertz CT molecular complexity index is 1000. The lowest BCUT2D eigenvalue weighted by molar-refractivity contribution is -0.117. The highest BCUT2D eigenvalue weighted by Gasteiger charge is 2.39. The van der Waals surface area contributed by atoms with Crippen molar-refractivity contribution in [3.05, 3.63) is 47.5 Å². The van der Waals surface area contributed by atoms with E-state index in [-0.39, 0.29) is 23.3 Å². The standard InChI is InChI=1S/C23H27N3O5/c1-13-10-16(13)22(28)24-15-8-6-14(7-9-15)21(27)25-18-12-20(31-5)19(30-4)11-17(18)23(29)26(2)3/h6-9,11-13,16H,10H2,1-5H3,(H,24,28)(H,25,27). The van der Waals surface area contributed by atoms with E-state index in [0.29, 0.717) is 34.4 Å². The van der Waals surface area contributed by atoms with Crippen molar-refractivity contribution in [1.82, 2.24) is 4.90 Å². The summed E-state index contributed by atoms with van der Waals surface area (Å²) in [7, 11) is 6.20. The third-order valence-electron chi connectivity index (χ3n) is 5.27. The molecule has 0 saturated heterocycles. The van der Waals surface area contributed by atoms with Gasteiger partial charge in [-0.3, -0.25) is 14.4 Å². The topological polar surface area (TPSA) is 97.0 Å². The van der Waals surface area contributed by atoms with Crippen LogP contribution in [-0.2, 0) is 4.79 Å².